The van der Waals surface area contributed by atoms with Crippen molar-refractivity contribution in [2.75, 3.05) is 19.1 Å². The number of aliphatic hydroxyl groups excluding tert-OH is 1. The minimum absolute atomic E-state index is 0.103. The highest BCUT2D eigenvalue weighted by Crippen LogP contribution is 2.42. The van der Waals surface area contributed by atoms with E-state index in [0.717, 1.165) is 0 Å². The molecule has 0 radical (unpaired) electrons. The Balaban J connectivity index is 1.83. The zero-order valence-electron chi connectivity index (χ0n) is 20.8. The van der Waals surface area contributed by atoms with Crippen molar-refractivity contribution in [2.45, 2.75) is 26.0 Å². The Morgan fingerprint density at radius 1 is 0.973 bits per heavy atom. The van der Waals surface area contributed by atoms with E-state index in [2.05, 4.69) is 4.98 Å². The summed E-state index contributed by atoms with van der Waals surface area (Å²) < 4.78 is 15.8. The van der Waals surface area contributed by atoms with E-state index in [-0.39, 0.29) is 23.0 Å². The Hall–Kier alpha value is -4.66. The van der Waals surface area contributed by atoms with Crippen LogP contribution in [0.4, 0.5) is 5.69 Å². The van der Waals surface area contributed by atoms with E-state index in [0.29, 0.717) is 28.3 Å². The number of amides is 1. The molecule has 1 aliphatic rings. The molecule has 2 heterocycles. The standard InChI is InChI=1S/C28H26N2O7/c1-16(2)37-28(34)17-7-10-20(11-8-17)30-24(19-6-5-13-29-15-19)23(26(32)27(30)33)25(31)18-9-12-21(35-3)22(14-18)36-4/h5-16,24,31H,1-4H3/b25-23-. The molecule has 0 saturated carbocycles. The van der Waals surface area contributed by atoms with E-state index >= 15 is 0 Å². The van der Waals surface area contributed by atoms with Crippen LogP contribution in [0.3, 0.4) is 0 Å². The van der Waals surface area contributed by atoms with Crippen LogP contribution in [0.1, 0.15) is 41.4 Å². The SMILES string of the molecule is COc1ccc(/C(O)=C2/C(=O)C(=O)N(c3ccc(C(=O)OC(C)C)cc3)C2c2cccnc2)cc1OC. The molecule has 1 aliphatic heterocycles. The molecule has 0 spiro atoms. The summed E-state index contributed by atoms with van der Waals surface area (Å²) >= 11 is 0. The maximum absolute atomic E-state index is 13.3. The van der Waals surface area contributed by atoms with Crippen molar-refractivity contribution in [3.8, 4) is 11.5 Å². The van der Waals surface area contributed by atoms with Crippen LogP contribution >= 0.6 is 0 Å². The lowest BCUT2D eigenvalue weighted by molar-refractivity contribution is -0.132. The zero-order valence-corrected chi connectivity index (χ0v) is 20.8. The number of anilines is 1. The molecule has 37 heavy (non-hydrogen) atoms. The first-order valence-corrected chi connectivity index (χ1v) is 11.5. The van der Waals surface area contributed by atoms with Gasteiger partial charge < -0.3 is 19.3 Å². The summed E-state index contributed by atoms with van der Waals surface area (Å²) in [5, 5.41) is 11.3. The minimum Gasteiger partial charge on any atom is -0.507 e. The summed E-state index contributed by atoms with van der Waals surface area (Å²) in [6.07, 6.45) is 2.81. The van der Waals surface area contributed by atoms with Crippen LogP contribution < -0.4 is 14.4 Å². The summed E-state index contributed by atoms with van der Waals surface area (Å²) in [6, 6.07) is 13.3. The number of esters is 1. The van der Waals surface area contributed by atoms with Crippen molar-refractivity contribution in [1.82, 2.24) is 4.98 Å². The second-order valence-electron chi connectivity index (χ2n) is 8.53. The van der Waals surface area contributed by atoms with Gasteiger partial charge in [0.25, 0.3) is 11.7 Å². The topological polar surface area (TPSA) is 115 Å². The maximum Gasteiger partial charge on any atom is 0.338 e. The molecule has 190 valence electrons. The number of rotatable bonds is 7. The van der Waals surface area contributed by atoms with Crippen molar-refractivity contribution in [1.29, 1.82) is 0 Å². The number of hydrogen-bond donors (Lipinski definition) is 1. The number of ketones is 1. The van der Waals surface area contributed by atoms with Gasteiger partial charge in [-0.3, -0.25) is 19.5 Å². The summed E-state index contributed by atoms with van der Waals surface area (Å²) in [4.78, 5) is 44.3. The highest BCUT2D eigenvalue weighted by atomic mass is 16.5. The first kappa shape index (κ1) is 25.4. The van der Waals surface area contributed by atoms with Crippen LogP contribution in [0.15, 0.2) is 72.6 Å². The Morgan fingerprint density at radius 2 is 1.65 bits per heavy atom. The van der Waals surface area contributed by atoms with Crippen LogP contribution in [0, 0.1) is 0 Å². The highest BCUT2D eigenvalue weighted by molar-refractivity contribution is 6.51. The largest absolute Gasteiger partial charge is 0.507 e. The maximum atomic E-state index is 13.3. The predicted molar refractivity (Wildman–Crippen MR) is 136 cm³/mol. The number of methoxy groups -OCH3 is 2. The van der Waals surface area contributed by atoms with Gasteiger partial charge in [0.1, 0.15) is 5.76 Å². The van der Waals surface area contributed by atoms with Crippen molar-refractivity contribution < 1.29 is 33.7 Å². The number of aliphatic hydroxyl groups is 1. The predicted octanol–water partition coefficient (Wildman–Crippen LogP) is 4.29. The van der Waals surface area contributed by atoms with Crippen molar-refractivity contribution in [3.05, 3.63) is 89.3 Å². The second kappa shape index (κ2) is 10.5. The minimum atomic E-state index is -0.963. The van der Waals surface area contributed by atoms with Gasteiger partial charge in [-0.25, -0.2) is 4.79 Å². The molecule has 0 bridgehead atoms. The second-order valence-corrected chi connectivity index (χ2v) is 8.53. The Bertz CT molecular complexity index is 1370. The van der Waals surface area contributed by atoms with Crippen LogP contribution in [0.2, 0.25) is 0 Å². The molecule has 0 aliphatic carbocycles. The van der Waals surface area contributed by atoms with E-state index < -0.39 is 23.7 Å². The molecule has 2 aromatic carbocycles. The van der Waals surface area contributed by atoms with E-state index in [1.54, 1.807) is 56.4 Å². The number of nitrogens with zero attached hydrogens (tertiary/aromatic N) is 2. The first-order chi connectivity index (χ1) is 17.8. The number of carbonyl (C=O) groups excluding carboxylic acids is 3. The molecule has 9 heteroatoms. The quantitative estimate of drug-likeness (QED) is 0.220. The van der Waals surface area contributed by atoms with Gasteiger partial charge in [-0.2, -0.15) is 0 Å². The third kappa shape index (κ3) is 4.88. The molecule has 3 aromatic rings. The number of Topliss-reactive ketones (excluding diaryl/α,β-unsaturated/α-hetero) is 1. The van der Waals surface area contributed by atoms with Crippen LogP contribution in [0.25, 0.3) is 5.76 Å². The summed E-state index contributed by atoms with van der Waals surface area (Å²) in [5.74, 6) is -1.76. The van der Waals surface area contributed by atoms with E-state index in [9.17, 15) is 19.5 Å². The number of carbonyl (C=O) groups is 3. The highest BCUT2D eigenvalue weighted by Gasteiger charge is 2.47. The molecule has 4 rings (SSSR count). The number of benzene rings is 2. The van der Waals surface area contributed by atoms with Gasteiger partial charge in [0, 0.05) is 23.6 Å². The van der Waals surface area contributed by atoms with Gasteiger partial charge in [-0.1, -0.05) is 6.07 Å². The van der Waals surface area contributed by atoms with Crippen molar-refractivity contribution in [2.24, 2.45) is 0 Å². The van der Waals surface area contributed by atoms with Gasteiger partial charge in [0.15, 0.2) is 11.5 Å². The zero-order chi connectivity index (χ0) is 26.7. The van der Waals surface area contributed by atoms with E-state index in [4.69, 9.17) is 14.2 Å². The van der Waals surface area contributed by atoms with E-state index in [1.807, 2.05) is 0 Å². The summed E-state index contributed by atoms with van der Waals surface area (Å²) in [5.41, 5.74) is 1.36. The fourth-order valence-electron chi connectivity index (χ4n) is 4.13. The molecular formula is C28H26N2O7. The van der Waals surface area contributed by atoms with Gasteiger partial charge in [0.05, 0.1) is 37.5 Å². The lowest BCUT2D eigenvalue weighted by Gasteiger charge is -2.25. The van der Waals surface area contributed by atoms with Crippen LogP contribution in [-0.4, -0.2) is 48.1 Å². The third-order valence-electron chi connectivity index (χ3n) is 5.83. The molecular weight excluding hydrogens is 476 g/mol. The Kier molecular flexibility index (Phi) is 7.24. The lowest BCUT2D eigenvalue weighted by Crippen LogP contribution is -2.29. The molecule has 1 unspecified atom stereocenters. The molecule has 1 atom stereocenters. The van der Waals surface area contributed by atoms with Gasteiger partial charge in [-0.05, 0) is 67.9 Å². The number of pyridine rings is 1. The number of aromatic nitrogens is 1. The monoisotopic (exact) mass is 502 g/mol. The fourth-order valence-corrected chi connectivity index (χ4v) is 4.13. The molecule has 1 saturated heterocycles. The van der Waals surface area contributed by atoms with E-state index in [1.165, 1.54) is 43.5 Å². The molecule has 9 nitrogen and oxygen atoms in total. The number of ether oxygens (including phenoxy) is 3. The average Bonchev–Trinajstić information content (AvgIpc) is 3.18. The Morgan fingerprint density at radius 3 is 2.24 bits per heavy atom. The van der Waals surface area contributed by atoms with Crippen LogP contribution in [0.5, 0.6) is 11.5 Å². The molecule has 1 fully saturated rings. The van der Waals surface area contributed by atoms with Crippen LogP contribution in [-0.2, 0) is 14.3 Å². The molecule has 1 N–H and O–H groups in total. The number of hydrogen-bond acceptors (Lipinski definition) is 8. The Labute approximate surface area is 213 Å². The first-order valence-electron chi connectivity index (χ1n) is 11.5. The van der Waals surface area contributed by atoms with Crippen molar-refractivity contribution in [3.63, 3.8) is 0 Å². The lowest BCUT2D eigenvalue weighted by atomic mass is 9.96. The summed E-state index contributed by atoms with van der Waals surface area (Å²) in [6.45, 7) is 3.50. The van der Waals surface area contributed by atoms with Crippen molar-refractivity contribution >= 4 is 29.1 Å². The van der Waals surface area contributed by atoms with Gasteiger partial charge in [0.2, 0.25) is 0 Å². The average molecular weight is 503 g/mol. The third-order valence-corrected chi connectivity index (χ3v) is 5.83. The summed E-state index contributed by atoms with van der Waals surface area (Å²) in [7, 11) is 2.94. The molecule has 1 amide bonds. The van der Waals surface area contributed by atoms with Gasteiger partial charge >= 0.3 is 5.97 Å². The smallest absolute Gasteiger partial charge is 0.338 e. The van der Waals surface area contributed by atoms with Gasteiger partial charge in [-0.15, -0.1) is 0 Å². The molecule has 1 aromatic heterocycles. The normalized spacial score (nSPS) is 16.7. The fraction of sp³-hybridized carbons (Fsp3) is 0.214.